The van der Waals surface area contributed by atoms with Gasteiger partial charge in [-0.15, -0.1) is 0 Å². The van der Waals surface area contributed by atoms with E-state index in [1.54, 1.807) is 18.5 Å². The lowest BCUT2D eigenvalue weighted by Gasteiger charge is -2.38. The molecule has 2 heterocycles. The van der Waals surface area contributed by atoms with Crippen LogP contribution < -0.4 is 15.5 Å². The molecule has 166 valence electrons. The number of anilines is 1. The van der Waals surface area contributed by atoms with E-state index in [1.165, 1.54) is 0 Å². The molecule has 1 atom stereocenters. The molecule has 8 nitrogen and oxygen atoms in total. The fraction of sp³-hybridized carbons (Fsp3) is 0.435. The van der Waals surface area contributed by atoms with Crippen molar-refractivity contribution in [1.29, 1.82) is 0 Å². The lowest BCUT2D eigenvalue weighted by atomic mass is 10.0. The van der Waals surface area contributed by atoms with E-state index in [1.807, 2.05) is 20.2 Å². The largest absolute Gasteiger partial charge is 0.378 e. The molecule has 0 bridgehead atoms. The number of benzene rings is 1. The van der Waals surface area contributed by atoms with Gasteiger partial charge in [-0.05, 0) is 36.4 Å². The topological polar surface area (TPSA) is 80.8 Å². The number of nitrogens with one attached hydrogen (secondary N) is 2. The third-order valence-electron chi connectivity index (χ3n) is 5.61. The highest BCUT2D eigenvalue weighted by Crippen LogP contribution is 2.24. The summed E-state index contributed by atoms with van der Waals surface area (Å²) in [4.78, 5) is 35.4. The number of piperazine rings is 1. The van der Waals surface area contributed by atoms with E-state index in [0.717, 1.165) is 43.0 Å². The highest BCUT2D eigenvalue weighted by molar-refractivity contribution is 6.35. The Morgan fingerprint density at radius 1 is 1.03 bits per heavy atom. The molecule has 8 heteroatoms. The quantitative estimate of drug-likeness (QED) is 0.642. The zero-order valence-electron chi connectivity index (χ0n) is 18.5. The van der Waals surface area contributed by atoms with E-state index in [-0.39, 0.29) is 12.6 Å². The number of aromatic nitrogens is 1. The van der Waals surface area contributed by atoms with Gasteiger partial charge in [-0.1, -0.05) is 18.2 Å². The van der Waals surface area contributed by atoms with E-state index in [9.17, 15) is 9.59 Å². The molecule has 0 spiro atoms. The SMILES string of the molecule is CN1CCN([C@@H](CNC(=O)C(=O)NCc2cccnc2)c2ccc(N(C)C)cc2)CC1. The van der Waals surface area contributed by atoms with Crippen LogP contribution in [0.4, 0.5) is 5.69 Å². The van der Waals surface area contributed by atoms with Gasteiger partial charge in [-0.2, -0.15) is 0 Å². The monoisotopic (exact) mass is 424 g/mol. The first kappa shape index (κ1) is 22.7. The minimum absolute atomic E-state index is 0.0139. The molecule has 1 aromatic carbocycles. The Balaban J connectivity index is 1.62. The van der Waals surface area contributed by atoms with Crippen molar-refractivity contribution in [3.05, 3.63) is 59.9 Å². The lowest BCUT2D eigenvalue weighted by Crippen LogP contribution is -2.49. The molecule has 0 aliphatic carbocycles. The maximum atomic E-state index is 12.4. The molecule has 3 rings (SSSR count). The molecular formula is C23H32N6O2. The molecule has 1 saturated heterocycles. The zero-order valence-corrected chi connectivity index (χ0v) is 18.5. The fourth-order valence-electron chi connectivity index (χ4n) is 3.62. The summed E-state index contributed by atoms with van der Waals surface area (Å²) >= 11 is 0. The Morgan fingerprint density at radius 2 is 1.71 bits per heavy atom. The van der Waals surface area contributed by atoms with Gasteiger partial charge in [0.05, 0.1) is 6.04 Å². The van der Waals surface area contributed by atoms with Crippen molar-refractivity contribution in [3.8, 4) is 0 Å². The van der Waals surface area contributed by atoms with Gasteiger partial charge in [-0.3, -0.25) is 19.5 Å². The maximum absolute atomic E-state index is 12.4. The van der Waals surface area contributed by atoms with Crippen LogP contribution in [0.15, 0.2) is 48.8 Å². The molecule has 2 amide bonds. The van der Waals surface area contributed by atoms with Gasteiger partial charge in [0, 0.05) is 71.4 Å². The Bertz CT molecular complexity index is 848. The van der Waals surface area contributed by atoms with Crippen LogP contribution in [-0.4, -0.2) is 80.5 Å². The summed E-state index contributed by atoms with van der Waals surface area (Å²) in [5, 5.41) is 5.48. The second-order valence-electron chi connectivity index (χ2n) is 8.09. The average Bonchev–Trinajstić information content (AvgIpc) is 2.79. The van der Waals surface area contributed by atoms with Crippen LogP contribution in [0.25, 0.3) is 0 Å². The maximum Gasteiger partial charge on any atom is 0.309 e. The van der Waals surface area contributed by atoms with E-state index in [4.69, 9.17) is 0 Å². The summed E-state index contributed by atoms with van der Waals surface area (Å²) < 4.78 is 0. The molecule has 0 saturated carbocycles. The predicted octanol–water partition coefficient (Wildman–Crippen LogP) is 0.869. The number of nitrogens with zero attached hydrogens (tertiary/aromatic N) is 4. The van der Waals surface area contributed by atoms with Crippen LogP contribution in [0.3, 0.4) is 0 Å². The number of pyridine rings is 1. The molecule has 0 radical (unpaired) electrons. The van der Waals surface area contributed by atoms with Crippen LogP contribution in [0.2, 0.25) is 0 Å². The van der Waals surface area contributed by atoms with Crippen molar-refractivity contribution < 1.29 is 9.59 Å². The average molecular weight is 425 g/mol. The van der Waals surface area contributed by atoms with Crippen LogP contribution in [-0.2, 0) is 16.1 Å². The van der Waals surface area contributed by atoms with Gasteiger partial charge < -0.3 is 20.4 Å². The van der Waals surface area contributed by atoms with Crippen molar-refractivity contribution >= 4 is 17.5 Å². The van der Waals surface area contributed by atoms with E-state index in [0.29, 0.717) is 6.54 Å². The number of hydrogen-bond donors (Lipinski definition) is 2. The van der Waals surface area contributed by atoms with Gasteiger partial charge in [0.2, 0.25) is 0 Å². The number of hydrogen-bond acceptors (Lipinski definition) is 6. The van der Waals surface area contributed by atoms with Gasteiger partial charge >= 0.3 is 11.8 Å². The van der Waals surface area contributed by atoms with Crippen LogP contribution in [0.1, 0.15) is 17.2 Å². The predicted molar refractivity (Wildman–Crippen MR) is 122 cm³/mol. The molecule has 2 aromatic rings. The second kappa shape index (κ2) is 10.9. The Kier molecular flexibility index (Phi) is 7.97. The Hall–Kier alpha value is -2.97. The summed E-state index contributed by atoms with van der Waals surface area (Å²) in [6.45, 7) is 4.44. The molecule has 1 aliphatic rings. The summed E-state index contributed by atoms with van der Waals surface area (Å²) in [5.41, 5.74) is 3.10. The third kappa shape index (κ3) is 6.50. The summed E-state index contributed by atoms with van der Waals surface area (Å²) in [5.74, 6) is -1.25. The van der Waals surface area contributed by atoms with Crippen LogP contribution >= 0.6 is 0 Å². The smallest absolute Gasteiger partial charge is 0.309 e. The van der Waals surface area contributed by atoms with Crippen LogP contribution in [0.5, 0.6) is 0 Å². The highest BCUT2D eigenvalue weighted by Gasteiger charge is 2.25. The number of likely N-dealkylation sites (N-methyl/N-ethyl adjacent to an activating group) is 1. The molecular weight excluding hydrogens is 392 g/mol. The van der Waals surface area contributed by atoms with E-state index >= 15 is 0 Å². The fourth-order valence-corrected chi connectivity index (χ4v) is 3.62. The Morgan fingerprint density at radius 3 is 2.32 bits per heavy atom. The molecule has 1 aliphatic heterocycles. The summed E-state index contributed by atoms with van der Waals surface area (Å²) in [6.07, 6.45) is 3.33. The lowest BCUT2D eigenvalue weighted by molar-refractivity contribution is -0.139. The first-order chi connectivity index (χ1) is 14.9. The molecule has 31 heavy (non-hydrogen) atoms. The van der Waals surface area contributed by atoms with Crippen molar-refractivity contribution in [3.63, 3.8) is 0 Å². The minimum atomic E-state index is -0.635. The highest BCUT2D eigenvalue weighted by atomic mass is 16.2. The number of carbonyl (C=O) groups is 2. The van der Waals surface area contributed by atoms with Gasteiger partial charge in [0.15, 0.2) is 0 Å². The van der Waals surface area contributed by atoms with Gasteiger partial charge in [0.1, 0.15) is 0 Å². The van der Waals surface area contributed by atoms with Crippen molar-refractivity contribution in [2.24, 2.45) is 0 Å². The third-order valence-corrected chi connectivity index (χ3v) is 5.61. The summed E-state index contributed by atoms with van der Waals surface area (Å²) in [6, 6.07) is 12.0. The number of rotatable bonds is 7. The van der Waals surface area contributed by atoms with Gasteiger partial charge in [0.25, 0.3) is 0 Å². The molecule has 2 N–H and O–H groups in total. The zero-order chi connectivity index (χ0) is 22.2. The molecule has 1 fully saturated rings. The van der Waals surface area contributed by atoms with Crippen molar-refractivity contribution in [2.75, 3.05) is 58.8 Å². The first-order valence-electron chi connectivity index (χ1n) is 10.6. The standard InChI is InChI=1S/C23H32N6O2/c1-27(2)20-8-6-19(7-9-20)21(29-13-11-28(3)12-14-29)17-26-23(31)22(30)25-16-18-5-4-10-24-15-18/h4-10,15,21H,11-14,16-17H2,1-3H3,(H,25,30)(H,26,31)/t21-/m0/s1. The Labute approximate surface area is 184 Å². The number of amides is 2. The molecule has 1 aromatic heterocycles. The van der Waals surface area contributed by atoms with Gasteiger partial charge in [-0.25, -0.2) is 0 Å². The summed E-state index contributed by atoms with van der Waals surface area (Å²) in [7, 11) is 6.14. The number of carbonyl (C=O) groups excluding carboxylic acids is 2. The normalized spacial score (nSPS) is 15.8. The minimum Gasteiger partial charge on any atom is -0.378 e. The van der Waals surface area contributed by atoms with E-state index in [2.05, 4.69) is 61.6 Å². The van der Waals surface area contributed by atoms with Crippen molar-refractivity contribution in [1.82, 2.24) is 25.4 Å². The second-order valence-corrected chi connectivity index (χ2v) is 8.09. The van der Waals surface area contributed by atoms with Crippen LogP contribution in [0, 0.1) is 0 Å². The van der Waals surface area contributed by atoms with E-state index < -0.39 is 11.8 Å². The first-order valence-corrected chi connectivity index (χ1v) is 10.6. The van der Waals surface area contributed by atoms with Crippen molar-refractivity contribution in [2.45, 2.75) is 12.6 Å². The molecule has 0 unspecified atom stereocenters.